The predicted molar refractivity (Wildman–Crippen MR) is 173 cm³/mol. The average Bonchev–Trinajstić information content (AvgIpc) is 3.67. The number of hydrogen-bond donors (Lipinski definition) is 2. The van der Waals surface area contributed by atoms with Crippen LogP contribution in [-0.4, -0.2) is 80.2 Å². The Morgan fingerprint density at radius 1 is 0.771 bits per heavy atom. The quantitative estimate of drug-likeness (QED) is 0.173. The molecule has 12 nitrogen and oxygen atoms in total. The summed E-state index contributed by atoms with van der Waals surface area (Å²) >= 11 is 2.60. The maximum Gasteiger partial charge on any atom is 0.282 e. The molecule has 254 valence electrons. The van der Waals surface area contributed by atoms with E-state index in [1.165, 1.54) is 44.9 Å². The Balaban J connectivity index is 0.950. The third kappa shape index (κ3) is 8.58. The maximum absolute atomic E-state index is 13.1. The first-order valence-electron chi connectivity index (χ1n) is 15.3. The topological polar surface area (TPSA) is 142 Å². The van der Waals surface area contributed by atoms with Crippen molar-refractivity contribution in [3.8, 4) is 0 Å². The van der Waals surface area contributed by atoms with Crippen LogP contribution in [-0.2, 0) is 28.9 Å². The van der Waals surface area contributed by atoms with Crippen molar-refractivity contribution in [3.05, 3.63) is 57.8 Å². The van der Waals surface area contributed by atoms with Gasteiger partial charge in [-0.2, -0.15) is 0 Å². The van der Waals surface area contributed by atoms with Gasteiger partial charge in [0.15, 0.2) is 0 Å². The molecule has 1 atom stereocenters. The van der Waals surface area contributed by atoms with Gasteiger partial charge in [-0.25, -0.2) is 27.5 Å². The van der Waals surface area contributed by atoms with Gasteiger partial charge in [0.05, 0.1) is 39.0 Å². The van der Waals surface area contributed by atoms with Crippen LogP contribution in [0.1, 0.15) is 53.2 Å². The number of aromatic nitrogens is 6. The Kier molecular flexibility index (Phi) is 9.82. The molecule has 2 amide bonds. The Labute approximate surface area is 281 Å². The number of rotatable bonds is 14. The summed E-state index contributed by atoms with van der Waals surface area (Å²) in [6.45, 7) is 0.651. The molecule has 48 heavy (non-hydrogen) atoms. The highest BCUT2D eigenvalue weighted by molar-refractivity contribution is 7.15. The molecule has 0 aromatic carbocycles. The van der Waals surface area contributed by atoms with E-state index in [1.54, 1.807) is 24.3 Å². The van der Waals surface area contributed by atoms with E-state index in [-0.39, 0.29) is 56.8 Å². The van der Waals surface area contributed by atoms with Gasteiger partial charge in [0.2, 0.25) is 22.1 Å². The van der Waals surface area contributed by atoms with Gasteiger partial charge in [0, 0.05) is 24.7 Å². The monoisotopic (exact) mass is 704 g/mol. The highest BCUT2D eigenvalue weighted by Gasteiger charge is 2.45. The van der Waals surface area contributed by atoms with Crippen molar-refractivity contribution >= 4 is 56.4 Å². The number of amides is 2. The first kappa shape index (κ1) is 33.6. The van der Waals surface area contributed by atoms with Crippen molar-refractivity contribution in [2.24, 2.45) is 0 Å². The molecule has 2 N–H and O–H groups in total. The number of carbonyl (C=O) groups excluding carboxylic acids is 2. The van der Waals surface area contributed by atoms with Gasteiger partial charge in [-0.1, -0.05) is 48.2 Å². The van der Waals surface area contributed by atoms with E-state index in [9.17, 15) is 27.2 Å². The Hall–Kier alpha value is -4.32. The zero-order valence-corrected chi connectivity index (χ0v) is 27.5. The zero-order chi connectivity index (χ0) is 33.9. The molecule has 4 aromatic rings. The van der Waals surface area contributed by atoms with Crippen LogP contribution in [0, 0.1) is 0 Å². The lowest BCUT2D eigenvalue weighted by Gasteiger charge is -2.39. The summed E-state index contributed by atoms with van der Waals surface area (Å²) in [4.78, 5) is 36.6. The van der Waals surface area contributed by atoms with E-state index in [4.69, 9.17) is 0 Å². The summed E-state index contributed by atoms with van der Waals surface area (Å²) in [5.41, 5.74) is 1.29. The third-order valence-electron chi connectivity index (χ3n) is 7.78. The summed E-state index contributed by atoms with van der Waals surface area (Å²) in [5, 5.41) is 24.6. The fourth-order valence-electron chi connectivity index (χ4n) is 5.36. The van der Waals surface area contributed by atoms with Gasteiger partial charge in [-0.15, -0.1) is 20.4 Å². The lowest BCUT2D eigenvalue weighted by molar-refractivity contribution is -0.116. The van der Waals surface area contributed by atoms with Gasteiger partial charge in [-0.3, -0.25) is 9.59 Å². The van der Waals surface area contributed by atoms with Gasteiger partial charge in [0.1, 0.15) is 21.7 Å². The lowest BCUT2D eigenvalue weighted by Crippen LogP contribution is -2.56. The van der Waals surface area contributed by atoms with Crippen molar-refractivity contribution < 1.29 is 27.2 Å². The number of nitrogens with one attached hydrogen (secondary N) is 2. The SMILES string of the molecule is CCC[C@@H](CCc1nnc(NC(=O)Cc2ccc(N3CC(F)(F)C3)nc2)s1)c1nnc(NC(=O)Cc2ccc(N3CC(F)(F)C3)nc2)s1. The Morgan fingerprint density at radius 3 is 1.77 bits per heavy atom. The molecule has 18 heteroatoms. The van der Waals surface area contributed by atoms with Gasteiger partial charge >= 0.3 is 0 Å². The number of aryl methyl sites for hydroxylation is 1. The number of hydrogen-bond acceptors (Lipinski definition) is 12. The van der Waals surface area contributed by atoms with Crippen LogP contribution < -0.4 is 20.4 Å². The van der Waals surface area contributed by atoms with Gasteiger partial charge < -0.3 is 20.4 Å². The molecule has 6 heterocycles. The standard InChI is InChI=1S/C30H32F4N10O2S2/c1-2-3-20(26-40-42-28(48-26)38-24(46)11-19-5-8-22(36-13-19)44-16-30(33,34)17-44)6-9-25-39-41-27(47-25)37-23(45)10-18-4-7-21(35-12-18)43-14-29(31,32)15-43/h4-5,7-8,12-13,20H,2-3,6,9-11,14-17H2,1H3,(H,37,41,45)(H,38,42,46)/t20-/m0/s1. The van der Waals surface area contributed by atoms with Crippen molar-refractivity contribution in [2.75, 3.05) is 46.6 Å². The van der Waals surface area contributed by atoms with E-state index in [1.807, 2.05) is 0 Å². The van der Waals surface area contributed by atoms with Crippen LogP contribution in [0.3, 0.4) is 0 Å². The van der Waals surface area contributed by atoms with E-state index in [0.29, 0.717) is 39.4 Å². The van der Waals surface area contributed by atoms with Crippen LogP contribution in [0.5, 0.6) is 0 Å². The van der Waals surface area contributed by atoms with E-state index in [2.05, 4.69) is 47.9 Å². The largest absolute Gasteiger partial charge is 0.344 e. The number of halogens is 4. The van der Waals surface area contributed by atoms with Crippen LogP contribution in [0.2, 0.25) is 0 Å². The molecular weight excluding hydrogens is 673 g/mol. The van der Waals surface area contributed by atoms with Gasteiger partial charge in [0.25, 0.3) is 11.8 Å². The number of alkyl halides is 4. The maximum atomic E-state index is 13.1. The lowest BCUT2D eigenvalue weighted by atomic mass is 9.99. The van der Waals surface area contributed by atoms with Crippen LogP contribution >= 0.6 is 22.7 Å². The predicted octanol–water partition coefficient (Wildman–Crippen LogP) is 4.97. The highest BCUT2D eigenvalue weighted by Crippen LogP contribution is 2.33. The van der Waals surface area contributed by atoms with Crippen LogP contribution in [0.4, 0.5) is 39.5 Å². The molecular formula is C30H32F4N10O2S2. The molecule has 0 unspecified atom stereocenters. The summed E-state index contributed by atoms with van der Waals surface area (Å²) in [5.74, 6) is -4.95. The van der Waals surface area contributed by atoms with Crippen LogP contribution in [0.15, 0.2) is 36.7 Å². The minimum Gasteiger partial charge on any atom is -0.344 e. The van der Waals surface area contributed by atoms with Gasteiger partial charge in [-0.05, 0) is 36.1 Å². The highest BCUT2D eigenvalue weighted by atomic mass is 32.1. The smallest absolute Gasteiger partial charge is 0.282 e. The van der Waals surface area contributed by atoms with Crippen LogP contribution in [0.25, 0.3) is 0 Å². The van der Waals surface area contributed by atoms with Crippen molar-refractivity contribution in [3.63, 3.8) is 0 Å². The molecule has 2 aliphatic rings. The number of anilines is 4. The first-order valence-corrected chi connectivity index (χ1v) is 17.0. The first-order chi connectivity index (χ1) is 22.9. The fourth-order valence-corrected chi connectivity index (χ4v) is 7.06. The molecule has 0 spiro atoms. The molecule has 2 aliphatic heterocycles. The molecule has 0 aliphatic carbocycles. The zero-order valence-electron chi connectivity index (χ0n) is 25.8. The molecule has 4 aromatic heterocycles. The fraction of sp³-hybridized carbons (Fsp3) is 0.467. The molecule has 6 rings (SSSR count). The molecule has 2 saturated heterocycles. The number of pyridine rings is 2. The second-order valence-electron chi connectivity index (χ2n) is 11.9. The van der Waals surface area contributed by atoms with E-state index < -0.39 is 11.8 Å². The normalized spacial score (nSPS) is 16.9. The van der Waals surface area contributed by atoms with E-state index in [0.717, 1.165) is 29.3 Å². The second kappa shape index (κ2) is 14.0. The van der Waals surface area contributed by atoms with Crippen molar-refractivity contribution in [1.82, 2.24) is 30.4 Å². The third-order valence-corrected chi connectivity index (χ3v) is 9.68. The summed E-state index contributed by atoms with van der Waals surface area (Å²) < 4.78 is 52.5. The molecule has 0 bridgehead atoms. The van der Waals surface area contributed by atoms with Crippen molar-refractivity contribution in [1.29, 1.82) is 0 Å². The number of carbonyl (C=O) groups is 2. The Morgan fingerprint density at radius 2 is 1.29 bits per heavy atom. The average molecular weight is 705 g/mol. The second-order valence-corrected chi connectivity index (χ2v) is 14.0. The number of nitrogens with zero attached hydrogens (tertiary/aromatic N) is 8. The minimum absolute atomic E-state index is 0.0539. The molecule has 2 fully saturated rings. The molecule has 0 saturated carbocycles. The Bertz CT molecular complexity index is 1720. The minimum atomic E-state index is -2.68. The summed E-state index contributed by atoms with van der Waals surface area (Å²) in [7, 11) is 0. The summed E-state index contributed by atoms with van der Waals surface area (Å²) in [6, 6.07) is 6.66. The summed E-state index contributed by atoms with van der Waals surface area (Å²) in [6.07, 6.45) is 6.24. The molecule has 0 radical (unpaired) electrons. The van der Waals surface area contributed by atoms with Crippen molar-refractivity contribution in [2.45, 2.75) is 63.2 Å². The van der Waals surface area contributed by atoms with E-state index >= 15 is 0 Å².